The smallest absolute Gasteiger partial charge is 0.328 e. The van der Waals surface area contributed by atoms with Crippen molar-refractivity contribution in [3.05, 3.63) is 70.8 Å². The summed E-state index contributed by atoms with van der Waals surface area (Å²) >= 11 is 5.96. The Morgan fingerprint density at radius 3 is 2.23 bits per heavy atom. The molecule has 0 spiro atoms. The van der Waals surface area contributed by atoms with Crippen LogP contribution in [0, 0.1) is 0 Å². The Bertz CT molecular complexity index is 799. The van der Waals surface area contributed by atoms with Crippen LogP contribution < -0.4 is 0 Å². The van der Waals surface area contributed by atoms with Gasteiger partial charge in [-0.3, -0.25) is 0 Å². The highest BCUT2D eigenvalue weighted by Gasteiger charge is 2.16. The summed E-state index contributed by atoms with van der Waals surface area (Å²) in [5.41, 5.74) is 5.55. The van der Waals surface area contributed by atoms with E-state index in [9.17, 15) is 9.59 Å². The van der Waals surface area contributed by atoms with Crippen molar-refractivity contribution in [2.75, 3.05) is 13.6 Å². The van der Waals surface area contributed by atoms with Crippen LogP contribution in [0.4, 0.5) is 0 Å². The minimum absolute atomic E-state index is 0.558. The fourth-order valence-electron chi connectivity index (χ4n) is 2.76. The van der Waals surface area contributed by atoms with Gasteiger partial charge in [0.05, 0.1) is 0 Å². The molecule has 1 aliphatic heterocycles. The molecule has 26 heavy (non-hydrogen) atoms. The maximum absolute atomic E-state index is 9.55. The first-order valence-electron chi connectivity index (χ1n) is 8.06. The van der Waals surface area contributed by atoms with Crippen molar-refractivity contribution in [2.45, 2.75) is 13.0 Å². The molecule has 0 atom stereocenters. The number of carboxylic acids is 2. The van der Waals surface area contributed by atoms with E-state index in [0.29, 0.717) is 12.2 Å². The molecular formula is C20H20ClNO4. The second-order valence-corrected chi connectivity index (χ2v) is 6.38. The second-order valence-electron chi connectivity index (χ2n) is 5.95. The predicted molar refractivity (Wildman–Crippen MR) is 101 cm³/mol. The Balaban J connectivity index is 0.000000260. The summed E-state index contributed by atoms with van der Waals surface area (Å²) in [5.74, 6) is -2.51. The Kier molecular flexibility index (Phi) is 6.95. The van der Waals surface area contributed by atoms with Gasteiger partial charge < -0.3 is 15.1 Å². The molecule has 2 aromatic carbocycles. The average molecular weight is 374 g/mol. The first kappa shape index (κ1) is 19.7. The van der Waals surface area contributed by atoms with Crippen molar-refractivity contribution in [1.29, 1.82) is 0 Å². The third-order valence-corrected chi connectivity index (χ3v) is 4.24. The standard InChI is InChI=1S/C16H16ClN.C4H4O4/c1-18-10-9-12-3-2-4-15(16(12)11-18)13-5-7-14(17)8-6-13;5-3(6)1-2-4(7)8/h2-8H,9-11H2,1H3;1-2H,(H,5,6)(H,7,8)/b;2-1-. The number of nitrogens with zero attached hydrogens (tertiary/aromatic N) is 1. The lowest BCUT2D eigenvalue weighted by Gasteiger charge is -2.27. The summed E-state index contributed by atoms with van der Waals surface area (Å²) in [5, 5.41) is 16.4. The molecule has 0 radical (unpaired) electrons. The normalized spacial score (nSPS) is 13.6. The minimum atomic E-state index is -1.26. The van der Waals surface area contributed by atoms with E-state index < -0.39 is 11.9 Å². The van der Waals surface area contributed by atoms with Crippen LogP contribution in [0.3, 0.4) is 0 Å². The van der Waals surface area contributed by atoms with Crippen molar-refractivity contribution >= 4 is 23.5 Å². The van der Waals surface area contributed by atoms with Crippen LogP contribution in [0.15, 0.2) is 54.6 Å². The minimum Gasteiger partial charge on any atom is -0.478 e. The van der Waals surface area contributed by atoms with Gasteiger partial charge >= 0.3 is 11.9 Å². The fourth-order valence-corrected chi connectivity index (χ4v) is 2.88. The maximum Gasteiger partial charge on any atom is 0.328 e. The lowest BCUT2D eigenvalue weighted by molar-refractivity contribution is -0.134. The molecule has 0 saturated heterocycles. The molecule has 0 amide bonds. The van der Waals surface area contributed by atoms with Gasteiger partial charge in [-0.1, -0.05) is 41.9 Å². The molecule has 2 aromatic rings. The molecule has 0 aromatic heterocycles. The predicted octanol–water partition coefficient (Wildman–Crippen LogP) is 3.71. The number of fused-ring (bicyclic) bond motifs is 1. The van der Waals surface area contributed by atoms with Crippen LogP contribution in [0.1, 0.15) is 11.1 Å². The van der Waals surface area contributed by atoms with E-state index in [-0.39, 0.29) is 0 Å². The molecule has 1 aliphatic rings. The van der Waals surface area contributed by atoms with Gasteiger partial charge in [0.1, 0.15) is 0 Å². The van der Waals surface area contributed by atoms with E-state index in [4.69, 9.17) is 21.8 Å². The quantitative estimate of drug-likeness (QED) is 0.802. The molecule has 3 rings (SSSR count). The highest BCUT2D eigenvalue weighted by atomic mass is 35.5. The lowest BCUT2D eigenvalue weighted by atomic mass is 9.91. The Hall–Kier alpha value is -2.63. The van der Waals surface area contributed by atoms with Crippen molar-refractivity contribution in [3.63, 3.8) is 0 Å². The fraction of sp³-hybridized carbons (Fsp3) is 0.200. The number of aliphatic carboxylic acids is 2. The molecule has 6 heteroatoms. The van der Waals surface area contributed by atoms with Gasteiger partial charge in [0.2, 0.25) is 0 Å². The van der Waals surface area contributed by atoms with Gasteiger partial charge in [0.15, 0.2) is 0 Å². The zero-order chi connectivity index (χ0) is 19.1. The SMILES string of the molecule is CN1CCc2cccc(-c3ccc(Cl)cc3)c2C1.O=C(O)/C=C\C(=O)O. The first-order chi connectivity index (χ1) is 12.4. The number of halogens is 1. The number of likely N-dealkylation sites (N-methyl/N-ethyl adjacent to an activating group) is 1. The molecule has 5 nitrogen and oxygen atoms in total. The van der Waals surface area contributed by atoms with E-state index in [0.717, 1.165) is 24.5 Å². The van der Waals surface area contributed by atoms with Gasteiger partial charge in [0.25, 0.3) is 0 Å². The molecule has 0 unspecified atom stereocenters. The molecular weight excluding hydrogens is 354 g/mol. The summed E-state index contributed by atoms with van der Waals surface area (Å²) in [6, 6.07) is 14.8. The third kappa shape index (κ3) is 5.72. The molecule has 136 valence electrons. The molecule has 0 aliphatic carbocycles. The number of carboxylic acid groups (broad SMARTS) is 2. The monoisotopic (exact) mass is 373 g/mol. The van der Waals surface area contributed by atoms with Gasteiger partial charge in [0, 0.05) is 30.3 Å². The second kappa shape index (κ2) is 9.17. The van der Waals surface area contributed by atoms with Crippen molar-refractivity contribution < 1.29 is 19.8 Å². The van der Waals surface area contributed by atoms with Gasteiger partial charge in [-0.05, 0) is 47.9 Å². The van der Waals surface area contributed by atoms with Gasteiger partial charge in [-0.15, -0.1) is 0 Å². The third-order valence-electron chi connectivity index (χ3n) is 3.99. The summed E-state index contributed by atoms with van der Waals surface area (Å²) in [4.78, 5) is 21.5. The van der Waals surface area contributed by atoms with E-state index in [2.05, 4.69) is 42.3 Å². The molecule has 0 saturated carbocycles. The average Bonchev–Trinajstić information content (AvgIpc) is 2.61. The highest BCUT2D eigenvalue weighted by Crippen LogP contribution is 2.30. The molecule has 1 heterocycles. The maximum atomic E-state index is 9.55. The zero-order valence-corrected chi connectivity index (χ0v) is 15.1. The molecule has 0 bridgehead atoms. The number of benzene rings is 2. The summed E-state index contributed by atoms with van der Waals surface area (Å²) in [7, 11) is 2.18. The Morgan fingerprint density at radius 2 is 1.65 bits per heavy atom. The van der Waals surface area contributed by atoms with Crippen LogP contribution in [-0.4, -0.2) is 40.6 Å². The summed E-state index contributed by atoms with van der Waals surface area (Å²) in [6.07, 6.45) is 2.26. The van der Waals surface area contributed by atoms with Crippen molar-refractivity contribution in [2.24, 2.45) is 0 Å². The van der Waals surface area contributed by atoms with Crippen molar-refractivity contribution in [3.8, 4) is 11.1 Å². The van der Waals surface area contributed by atoms with E-state index in [1.807, 2.05) is 12.1 Å². The van der Waals surface area contributed by atoms with Crippen LogP contribution in [-0.2, 0) is 22.6 Å². The number of carbonyl (C=O) groups is 2. The number of rotatable bonds is 3. The molecule has 2 N–H and O–H groups in total. The summed E-state index contributed by atoms with van der Waals surface area (Å²) in [6.45, 7) is 2.19. The topological polar surface area (TPSA) is 77.8 Å². The van der Waals surface area contributed by atoms with Gasteiger partial charge in [-0.25, -0.2) is 9.59 Å². The van der Waals surface area contributed by atoms with Crippen LogP contribution in [0.5, 0.6) is 0 Å². The first-order valence-corrected chi connectivity index (χ1v) is 8.44. The summed E-state index contributed by atoms with van der Waals surface area (Å²) < 4.78 is 0. The van der Waals surface area contributed by atoms with Crippen LogP contribution >= 0.6 is 11.6 Å². The molecule has 0 fully saturated rings. The van der Waals surface area contributed by atoms with Crippen LogP contribution in [0.25, 0.3) is 11.1 Å². The Morgan fingerprint density at radius 1 is 1.04 bits per heavy atom. The zero-order valence-electron chi connectivity index (χ0n) is 14.4. The largest absolute Gasteiger partial charge is 0.478 e. The lowest BCUT2D eigenvalue weighted by Crippen LogP contribution is -2.26. The number of hydrogen-bond donors (Lipinski definition) is 2. The van der Waals surface area contributed by atoms with Crippen molar-refractivity contribution in [1.82, 2.24) is 4.90 Å². The van der Waals surface area contributed by atoms with E-state index >= 15 is 0 Å². The van der Waals surface area contributed by atoms with Gasteiger partial charge in [-0.2, -0.15) is 0 Å². The Labute approximate surface area is 157 Å². The number of hydrogen-bond acceptors (Lipinski definition) is 3. The van der Waals surface area contributed by atoms with Crippen LogP contribution in [0.2, 0.25) is 5.02 Å². The highest BCUT2D eigenvalue weighted by molar-refractivity contribution is 6.30. The van der Waals surface area contributed by atoms with E-state index in [1.54, 1.807) is 0 Å². The van der Waals surface area contributed by atoms with E-state index in [1.165, 1.54) is 22.3 Å².